The van der Waals surface area contributed by atoms with E-state index >= 15 is 0 Å². The van der Waals surface area contributed by atoms with Crippen LogP contribution in [0.25, 0.3) is 0 Å². The molecule has 1 heterocycles. The molecule has 1 aliphatic heterocycles. The van der Waals surface area contributed by atoms with Crippen LogP contribution in [0.3, 0.4) is 0 Å². The van der Waals surface area contributed by atoms with Gasteiger partial charge < -0.3 is 19.9 Å². The van der Waals surface area contributed by atoms with Gasteiger partial charge in [0.15, 0.2) is 0 Å². The summed E-state index contributed by atoms with van der Waals surface area (Å²) in [4.78, 5) is 0. The topological polar surface area (TPSA) is 50.7 Å². The summed E-state index contributed by atoms with van der Waals surface area (Å²) < 4.78 is 11.9. The minimum atomic E-state index is -0.508. The van der Waals surface area contributed by atoms with Crippen molar-refractivity contribution in [3.8, 4) is 5.75 Å². The number of rotatable bonds is 6. The van der Waals surface area contributed by atoms with Gasteiger partial charge in [-0.3, -0.25) is 0 Å². The number of benzene rings is 1. The van der Waals surface area contributed by atoms with Crippen molar-refractivity contribution in [1.82, 2.24) is 5.32 Å². The largest absolute Gasteiger partial charge is 0.490 e. The maximum absolute atomic E-state index is 9.95. The maximum atomic E-state index is 9.95. The van der Waals surface area contributed by atoms with Crippen LogP contribution in [0, 0.1) is 6.92 Å². The summed E-state index contributed by atoms with van der Waals surface area (Å²) in [6.07, 6.45) is 1.51. The molecule has 2 N–H and O–H groups in total. The zero-order chi connectivity index (χ0) is 14.4. The van der Waals surface area contributed by atoms with Gasteiger partial charge in [-0.1, -0.05) is 6.07 Å². The molecule has 1 aromatic carbocycles. The molecule has 0 amide bonds. The highest BCUT2D eigenvalue weighted by atomic mass is 79.9. The molecule has 1 unspecified atom stereocenters. The lowest BCUT2D eigenvalue weighted by atomic mass is 10.1. The molecule has 0 bridgehead atoms. The number of aliphatic hydroxyl groups is 1. The molecule has 1 fully saturated rings. The van der Waals surface area contributed by atoms with Gasteiger partial charge in [-0.25, -0.2) is 0 Å². The molecule has 5 heteroatoms. The lowest BCUT2D eigenvalue weighted by Gasteiger charge is -2.24. The van der Waals surface area contributed by atoms with E-state index in [0.717, 1.165) is 36.3 Å². The molecule has 0 radical (unpaired) electrons. The third kappa shape index (κ3) is 5.05. The Morgan fingerprint density at radius 1 is 1.45 bits per heavy atom. The van der Waals surface area contributed by atoms with Crippen LogP contribution in [0.2, 0.25) is 0 Å². The number of aliphatic hydroxyl groups excluding tert-OH is 1. The molecule has 112 valence electrons. The lowest BCUT2D eigenvalue weighted by molar-refractivity contribution is 0.0654. The van der Waals surface area contributed by atoms with Gasteiger partial charge in [0.25, 0.3) is 0 Å². The van der Waals surface area contributed by atoms with Crippen molar-refractivity contribution in [2.75, 3.05) is 26.4 Å². The molecule has 0 saturated carbocycles. The summed E-state index contributed by atoms with van der Waals surface area (Å²) in [6.45, 7) is 4.48. The molecular weight excluding hydrogens is 322 g/mol. The van der Waals surface area contributed by atoms with E-state index in [0.29, 0.717) is 12.6 Å². The van der Waals surface area contributed by atoms with Crippen LogP contribution in [-0.2, 0) is 4.74 Å². The predicted octanol–water partition coefficient (Wildman–Crippen LogP) is 2.27. The van der Waals surface area contributed by atoms with Crippen molar-refractivity contribution < 1.29 is 14.6 Å². The first-order chi connectivity index (χ1) is 9.65. The summed E-state index contributed by atoms with van der Waals surface area (Å²) in [5, 5.41) is 13.3. The van der Waals surface area contributed by atoms with Crippen molar-refractivity contribution in [2.24, 2.45) is 0 Å². The van der Waals surface area contributed by atoms with E-state index in [9.17, 15) is 5.11 Å². The van der Waals surface area contributed by atoms with Gasteiger partial charge in [-0.2, -0.15) is 0 Å². The van der Waals surface area contributed by atoms with Crippen molar-refractivity contribution in [3.05, 3.63) is 28.2 Å². The first kappa shape index (κ1) is 15.8. The summed E-state index contributed by atoms with van der Waals surface area (Å²) in [7, 11) is 0. The summed E-state index contributed by atoms with van der Waals surface area (Å²) in [6, 6.07) is 6.36. The van der Waals surface area contributed by atoms with E-state index in [4.69, 9.17) is 9.47 Å². The summed E-state index contributed by atoms with van der Waals surface area (Å²) in [5.74, 6) is 0.765. The number of nitrogens with one attached hydrogen (secondary N) is 1. The first-order valence-electron chi connectivity index (χ1n) is 7.03. The number of aryl methyl sites for hydroxylation is 1. The van der Waals surface area contributed by atoms with Crippen molar-refractivity contribution >= 4 is 15.9 Å². The SMILES string of the molecule is Cc1ccc(OCC(O)CNC2CCOCC2)c(Br)c1. The molecular formula is C15H22BrNO3. The normalized spacial score (nSPS) is 17.9. The Morgan fingerprint density at radius 3 is 2.90 bits per heavy atom. The summed E-state index contributed by atoms with van der Waals surface area (Å²) >= 11 is 3.46. The molecule has 1 aromatic rings. The standard InChI is InChI=1S/C15H22BrNO3/c1-11-2-3-15(14(16)8-11)20-10-13(18)9-17-12-4-6-19-7-5-12/h2-3,8,12-13,17-18H,4-7,9-10H2,1H3. The highest BCUT2D eigenvalue weighted by molar-refractivity contribution is 9.10. The Hall–Kier alpha value is -0.620. The first-order valence-corrected chi connectivity index (χ1v) is 7.82. The molecule has 0 aliphatic carbocycles. The van der Waals surface area contributed by atoms with Crippen LogP contribution >= 0.6 is 15.9 Å². The molecule has 0 aromatic heterocycles. The van der Waals surface area contributed by atoms with Gasteiger partial charge in [-0.05, 0) is 53.4 Å². The van der Waals surface area contributed by atoms with E-state index in [2.05, 4.69) is 21.2 Å². The molecule has 1 aliphatic rings. The van der Waals surface area contributed by atoms with E-state index < -0.39 is 6.10 Å². The Bertz CT molecular complexity index is 422. The van der Waals surface area contributed by atoms with Crippen molar-refractivity contribution in [2.45, 2.75) is 31.9 Å². The zero-order valence-electron chi connectivity index (χ0n) is 11.8. The highest BCUT2D eigenvalue weighted by Crippen LogP contribution is 2.25. The van der Waals surface area contributed by atoms with Crippen LogP contribution < -0.4 is 10.1 Å². The quantitative estimate of drug-likeness (QED) is 0.831. The van der Waals surface area contributed by atoms with E-state index in [1.807, 2.05) is 25.1 Å². The molecule has 1 atom stereocenters. The second-order valence-electron chi connectivity index (χ2n) is 5.19. The second kappa shape index (κ2) is 7.98. The van der Waals surface area contributed by atoms with Crippen LogP contribution in [0.4, 0.5) is 0 Å². The van der Waals surface area contributed by atoms with Gasteiger partial charge in [0, 0.05) is 25.8 Å². The summed E-state index contributed by atoms with van der Waals surface area (Å²) in [5.41, 5.74) is 1.17. The van der Waals surface area contributed by atoms with Gasteiger partial charge in [0.05, 0.1) is 4.47 Å². The fourth-order valence-corrected chi connectivity index (χ4v) is 2.78. The monoisotopic (exact) mass is 343 g/mol. The van der Waals surface area contributed by atoms with E-state index in [-0.39, 0.29) is 6.61 Å². The smallest absolute Gasteiger partial charge is 0.133 e. The van der Waals surface area contributed by atoms with Crippen molar-refractivity contribution in [3.63, 3.8) is 0 Å². The van der Waals surface area contributed by atoms with Gasteiger partial charge in [0.1, 0.15) is 18.5 Å². The third-order valence-corrected chi connectivity index (χ3v) is 4.00. The van der Waals surface area contributed by atoms with Gasteiger partial charge >= 0.3 is 0 Å². The average molecular weight is 344 g/mol. The highest BCUT2D eigenvalue weighted by Gasteiger charge is 2.15. The number of ether oxygens (including phenoxy) is 2. The molecule has 4 nitrogen and oxygen atoms in total. The number of halogens is 1. The third-order valence-electron chi connectivity index (χ3n) is 3.38. The van der Waals surface area contributed by atoms with Crippen LogP contribution in [-0.4, -0.2) is 43.6 Å². The van der Waals surface area contributed by atoms with Crippen LogP contribution in [0.1, 0.15) is 18.4 Å². The fraction of sp³-hybridized carbons (Fsp3) is 0.600. The molecule has 20 heavy (non-hydrogen) atoms. The van der Waals surface area contributed by atoms with Crippen LogP contribution in [0.5, 0.6) is 5.75 Å². The Balaban J connectivity index is 1.70. The number of hydrogen-bond acceptors (Lipinski definition) is 4. The maximum Gasteiger partial charge on any atom is 0.133 e. The van der Waals surface area contributed by atoms with Gasteiger partial charge in [-0.15, -0.1) is 0 Å². The van der Waals surface area contributed by atoms with E-state index in [1.165, 1.54) is 5.56 Å². The second-order valence-corrected chi connectivity index (χ2v) is 6.05. The predicted molar refractivity (Wildman–Crippen MR) is 82.2 cm³/mol. The zero-order valence-corrected chi connectivity index (χ0v) is 13.4. The average Bonchev–Trinajstić information content (AvgIpc) is 2.45. The molecule has 2 rings (SSSR count). The van der Waals surface area contributed by atoms with E-state index in [1.54, 1.807) is 0 Å². The Kier molecular flexibility index (Phi) is 6.29. The number of hydrogen-bond donors (Lipinski definition) is 2. The minimum absolute atomic E-state index is 0.290. The molecule has 0 spiro atoms. The Morgan fingerprint density at radius 2 is 2.20 bits per heavy atom. The van der Waals surface area contributed by atoms with Gasteiger partial charge in [0.2, 0.25) is 0 Å². The lowest BCUT2D eigenvalue weighted by Crippen LogP contribution is -2.40. The fourth-order valence-electron chi connectivity index (χ4n) is 2.17. The Labute approximate surface area is 128 Å². The minimum Gasteiger partial charge on any atom is -0.490 e. The van der Waals surface area contributed by atoms with Crippen LogP contribution in [0.15, 0.2) is 22.7 Å². The molecule has 1 saturated heterocycles. The van der Waals surface area contributed by atoms with Crippen molar-refractivity contribution in [1.29, 1.82) is 0 Å².